The Labute approximate surface area is 69.1 Å². The Hall–Kier alpha value is -1.72. The van der Waals surface area contributed by atoms with Crippen molar-refractivity contribution in [3.8, 4) is 0 Å². The van der Waals surface area contributed by atoms with Gasteiger partial charge in [0.25, 0.3) is 0 Å². The van der Waals surface area contributed by atoms with Gasteiger partial charge in [0.15, 0.2) is 5.82 Å². The highest BCUT2D eigenvalue weighted by atomic mass is 16.1. The average Bonchev–Trinajstić information content (AvgIpc) is 2.53. The minimum absolute atomic E-state index is 0.165. The van der Waals surface area contributed by atoms with Gasteiger partial charge < -0.3 is 5.32 Å². The predicted octanol–water partition coefficient (Wildman–Crippen LogP) is -0.608. The molecule has 12 heavy (non-hydrogen) atoms. The van der Waals surface area contributed by atoms with Crippen molar-refractivity contribution >= 4 is 5.91 Å². The number of amides is 1. The molecular weight excluding hydrogens is 158 g/mol. The van der Waals surface area contributed by atoms with Gasteiger partial charge in [-0.05, 0) is 13.0 Å². The lowest BCUT2D eigenvalue weighted by Crippen LogP contribution is -2.20. The second kappa shape index (κ2) is 4.22. The van der Waals surface area contributed by atoms with Gasteiger partial charge in [-0.25, -0.2) is 0 Å². The van der Waals surface area contributed by atoms with Gasteiger partial charge in [0.2, 0.25) is 5.91 Å². The Morgan fingerprint density at radius 1 is 1.75 bits per heavy atom. The molecule has 1 rings (SSSR count). The number of rotatable bonds is 3. The normalized spacial score (nSPS) is 10.4. The maximum absolute atomic E-state index is 10.9. The fourth-order valence-electron chi connectivity index (χ4n) is 0.634. The summed E-state index contributed by atoms with van der Waals surface area (Å²) in [5.74, 6) is 0.301. The van der Waals surface area contributed by atoms with Crippen molar-refractivity contribution in [3.05, 3.63) is 18.0 Å². The highest BCUT2D eigenvalue weighted by Crippen LogP contribution is 1.81. The molecule has 64 valence electrons. The number of allylic oxidation sites excluding steroid dienone is 1. The molecule has 0 unspecified atom stereocenters. The van der Waals surface area contributed by atoms with Crippen LogP contribution in [0.3, 0.4) is 0 Å². The Balaban J connectivity index is 2.31. The number of hydrogen-bond donors (Lipinski definition) is 2. The summed E-state index contributed by atoms with van der Waals surface area (Å²) in [6.07, 6.45) is 3.09. The number of carbonyl (C=O) groups is 1. The minimum atomic E-state index is -0.165. The monoisotopic (exact) mass is 167 g/mol. The SMILES string of the molecule is CC=CC(=O)NCc1nn[nH]n1. The summed E-state index contributed by atoms with van der Waals surface area (Å²) in [7, 11) is 0. The van der Waals surface area contributed by atoms with E-state index < -0.39 is 0 Å². The van der Waals surface area contributed by atoms with E-state index in [0.717, 1.165) is 0 Å². The lowest BCUT2D eigenvalue weighted by Gasteiger charge is -1.94. The van der Waals surface area contributed by atoms with Crippen LogP contribution in [0.2, 0.25) is 0 Å². The summed E-state index contributed by atoms with van der Waals surface area (Å²) in [6.45, 7) is 2.06. The fraction of sp³-hybridized carbons (Fsp3) is 0.333. The lowest BCUT2D eigenvalue weighted by molar-refractivity contribution is -0.116. The van der Waals surface area contributed by atoms with Crippen molar-refractivity contribution in [2.24, 2.45) is 0 Å². The van der Waals surface area contributed by atoms with Crippen LogP contribution in [-0.4, -0.2) is 26.5 Å². The summed E-state index contributed by atoms with van der Waals surface area (Å²) >= 11 is 0. The topological polar surface area (TPSA) is 83.6 Å². The fourth-order valence-corrected chi connectivity index (χ4v) is 0.634. The van der Waals surface area contributed by atoms with Crippen LogP contribution in [0.4, 0.5) is 0 Å². The molecule has 0 saturated carbocycles. The average molecular weight is 167 g/mol. The van der Waals surface area contributed by atoms with Gasteiger partial charge in [-0.1, -0.05) is 11.3 Å². The Morgan fingerprint density at radius 2 is 2.58 bits per heavy atom. The lowest BCUT2D eigenvalue weighted by atomic mass is 10.5. The van der Waals surface area contributed by atoms with Crippen LogP contribution in [0.25, 0.3) is 0 Å². The molecule has 1 amide bonds. The van der Waals surface area contributed by atoms with E-state index >= 15 is 0 Å². The van der Waals surface area contributed by atoms with E-state index in [1.54, 1.807) is 13.0 Å². The number of nitrogens with one attached hydrogen (secondary N) is 2. The molecule has 0 bridgehead atoms. The zero-order valence-electron chi connectivity index (χ0n) is 6.61. The summed E-state index contributed by atoms with van der Waals surface area (Å²) in [4.78, 5) is 10.9. The molecule has 2 N–H and O–H groups in total. The zero-order valence-corrected chi connectivity index (χ0v) is 6.61. The van der Waals surface area contributed by atoms with E-state index in [2.05, 4.69) is 25.9 Å². The van der Waals surface area contributed by atoms with E-state index in [9.17, 15) is 4.79 Å². The van der Waals surface area contributed by atoms with Crippen LogP contribution in [0.15, 0.2) is 12.2 Å². The number of hydrogen-bond acceptors (Lipinski definition) is 4. The van der Waals surface area contributed by atoms with Gasteiger partial charge in [-0.2, -0.15) is 5.21 Å². The molecule has 0 aliphatic heterocycles. The number of tetrazole rings is 1. The third kappa shape index (κ3) is 2.49. The predicted molar refractivity (Wildman–Crippen MR) is 40.8 cm³/mol. The standard InChI is InChI=1S/C6H9N5O/c1-2-3-6(12)7-4-5-8-10-11-9-5/h2-3H,4H2,1H3,(H,7,12)(H,8,9,10,11). The van der Waals surface area contributed by atoms with Crippen molar-refractivity contribution in [2.45, 2.75) is 13.5 Å². The van der Waals surface area contributed by atoms with Gasteiger partial charge >= 0.3 is 0 Å². The quantitative estimate of drug-likeness (QED) is 0.588. The molecule has 6 nitrogen and oxygen atoms in total. The number of nitrogens with zero attached hydrogens (tertiary/aromatic N) is 3. The van der Waals surface area contributed by atoms with Crippen LogP contribution >= 0.6 is 0 Å². The first-order valence-corrected chi connectivity index (χ1v) is 3.46. The van der Waals surface area contributed by atoms with Crippen LogP contribution < -0.4 is 5.32 Å². The highest BCUT2D eigenvalue weighted by Gasteiger charge is 1.98. The number of H-pyrrole nitrogens is 1. The zero-order chi connectivity index (χ0) is 8.81. The maximum Gasteiger partial charge on any atom is 0.244 e. The molecule has 0 fully saturated rings. The first kappa shape index (κ1) is 8.38. The van der Waals surface area contributed by atoms with Crippen molar-refractivity contribution in [1.29, 1.82) is 0 Å². The van der Waals surface area contributed by atoms with E-state index in [0.29, 0.717) is 12.4 Å². The summed E-state index contributed by atoms with van der Waals surface area (Å²) < 4.78 is 0. The first-order valence-electron chi connectivity index (χ1n) is 3.46. The largest absolute Gasteiger partial charge is 0.345 e. The molecule has 0 atom stereocenters. The van der Waals surface area contributed by atoms with Gasteiger partial charge in [-0.3, -0.25) is 4.79 Å². The molecule has 0 spiro atoms. The molecule has 0 radical (unpaired) electrons. The third-order valence-corrected chi connectivity index (χ3v) is 1.13. The molecule has 6 heteroatoms. The van der Waals surface area contributed by atoms with Crippen molar-refractivity contribution in [2.75, 3.05) is 0 Å². The maximum atomic E-state index is 10.9. The van der Waals surface area contributed by atoms with Crippen LogP contribution in [0, 0.1) is 0 Å². The summed E-state index contributed by atoms with van der Waals surface area (Å²) in [5, 5.41) is 15.5. The molecule has 0 aliphatic rings. The van der Waals surface area contributed by atoms with E-state index in [4.69, 9.17) is 0 Å². The van der Waals surface area contributed by atoms with Gasteiger partial charge in [0.1, 0.15) is 0 Å². The molecule has 0 aliphatic carbocycles. The second-order valence-electron chi connectivity index (χ2n) is 2.05. The van der Waals surface area contributed by atoms with E-state index in [1.165, 1.54) is 6.08 Å². The number of carbonyl (C=O) groups excluding carboxylic acids is 1. The minimum Gasteiger partial charge on any atom is -0.345 e. The number of aromatic nitrogens is 4. The van der Waals surface area contributed by atoms with Crippen molar-refractivity contribution < 1.29 is 4.79 Å². The first-order chi connectivity index (χ1) is 5.83. The van der Waals surface area contributed by atoms with Gasteiger partial charge in [0.05, 0.1) is 6.54 Å². The molecule has 0 saturated heterocycles. The van der Waals surface area contributed by atoms with Gasteiger partial charge in [0, 0.05) is 0 Å². The molecule has 1 aromatic rings. The Morgan fingerprint density at radius 3 is 3.17 bits per heavy atom. The van der Waals surface area contributed by atoms with Crippen LogP contribution in [0.5, 0.6) is 0 Å². The Kier molecular flexibility index (Phi) is 2.95. The van der Waals surface area contributed by atoms with Crippen molar-refractivity contribution in [1.82, 2.24) is 25.9 Å². The third-order valence-electron chi connectivity index (χ3n) is 1.13. The van der Waals surface area contributed by atoms with Crippen molar-refractivity contribution in [3.63, 3.8) is 0 Å². The smallest absolute Gasteiger partial charge is 0.244 e. The summed E-state index contributed by atoms with van der Waals surface area (Å²) in [5.41, 5.74) is 0. The highest BCUT2D eigenvalue weighted by molar-refractivity contribution is 5.87. The van der Waals surface area contributed by atoms with Crippen LogP contribution in [-0.2, 0) is 11.3 Å². The van der Waals surface area contributed by atoms with E-state index in [1.807, 2.05) is 0 Å². The van der Waals surface area contributed by atoms with Gasteiger partial charge in [-0.15, -0.1) is 10.2 Å². The molecular formula is C6H9N5O. The Bertz CT molecular complexity index is 265. The molecule has 1 aromatic heterocycles. The second-order valence-corrected chi connectivity index (χ2v) is 2.05. The molecule has 0 aromatic carbocycles. The number of aromatic amines is 1. The van der Waals surface area contributed by atoms with Crippen LogP contribution in [0.1, 0.15) is 12.7 Å². The summed E-state index contributed by atoms with van der Waals surface area (Å²) in [6, 6.07) is 0. The van der Waals surface area contributed by atoms with E-state index in [-0.39, 0.29) is 5.91 Å². The molecule has 1 heterocycles.